The molecule has 1 heterocycles. The Kier molecular flexibility index (Phi) is 7.62. The number of anilines is 1. The van der Waals surface area contributed by atoms with E-state index >= 15 is 0 Å². The Balaban J connectivity index is 1.82. The van der Waals surface area contributed by atoms with Crippen LogP contribution in [0.25, 0.3) is 0 Å². The van der Waals surface area contributed by atoms with Crippen molar-refractivity contribution in [3.8, 4) is 0 Å². The van der Waals surface area contributed by atoms with E-state index in [-0.39, 0.29) is 15.4 Å². The van der Waals surface area contributed by atoms with Crippen LogP contribution in [0.2, 0.25) is 0 Å². The van der Waals surface area contributed by atoms with Gasteiger partial charge in [0.1, 0.15) is 0 Å². The van der Waals surface area contributed by atoms with Crippen molar-refractivity contribution < 1.29 is 21.6 Å². The van der Waals surface area contributed by atoms with Gasteiger partial charge in [0.05, 0.1) is 9.79 Å². The maximum atomic E-state index is 12.9. The van der Waals surface area contributed by atoms with Gasteiger partial charge in [-0.05, 0) is 74.2 Å². The number of nitrogens with one attached hydrogen (secondary N) is 1. The molecule has 1 aliphatic heterocycles. The van der Waals surface area contributed by atoms with Crippen LogP contribution in [0.15, 0.2) is 46.2 Å². The summed E-state index contributed by atoms with van der Waals surface area (Å²) in [5, 5.41) is 2.73. The number of sulfonamides is 2. The molecular weight excluding hydrogens is 462 g/mol. The van der Waals surface area contributed by atoms with Crippen LogP contribution in [0.1, 0.15) is 47.2 Å². The topological polar surface area (TPSA) is 104 Å². The molecule has 8 nitrogen and oxygen atoms in total. The number of nitrogens with zero attached hydrogens (tertiary/aromatic N) is 2. The lowest BCUT2D eigenvalue weighted by Gasteiger charge is -2.20. The van der Waals surface area contributed by atoms with Crippen molar-refractivity contribution in [2.45, 2.75) is 49.3 Å². The Bertz CT molecular complexity index is 1230. The molecule has 0 aromatic heterocycles. The van der Waals surface area contributed by atoms with E-state index in [2.05, 4.69) is 5.32 Å². The molecule has 1 fully saturated rings. The third-order valence-electron chi connectivity index (χ3n) is 5.96. The van der Waals surface area contributed by atoms with Gasteiger partial charge >= 0.3 is 0 Å². The number of amides is 1. The predicted molar refractivity (Wildman–Crippen MR) is 128 cm³/mol. The Morgan fingerprint density at radius 1 is 0.909 bits per heavy atom. The van der Waals surface area contributed by atoms with Crippen molar-refractivity contribution in [3.05, 3.63) is 53.1 Å². The summed E-state index contributed by atoms with van der Waals surface area (Å²) in [6.45, 7) is 4.50. The SMILES string of the molecule is Cc1cc(C(=O)Nc2ccc(S(=O)(=O)N3CCCCCC3)cc2)cc(S(=O)(=O)N(C)C)c1C. The van der Waals surface area contributed by atoms with E-state index < -0.39 is 26.0 Å². The van der Waals surface area contributed by atoms with Crippen LogP contribution < -0.4 is 5.32 Å². The van der Waals surface area contributed by atoms with Gasteiger partial charge in [-0.25, -0.2) is 21.1 Å². The number of aryl methyl sites for hydroxylation is 1. The zero-order valence-electron chi connectivity index (χ0n) is 19.5. The second kappa shape index (κ2) is 9.92. The first-order valence-corrected chi connectivity index (χ1v) is 13.8. The number of hydrogen-bond acceptors (Lipinski definition) is 5. The Morgan fingerprint density at radius 3 is 2.03 bits per heavy atom. The minimum Gasteiger partial charge on any atom is -0.322 e. The van der Waals surface area contributed by atoms with Gasteiger partial charge in [-0.2, -0.15) is 4.31 Å². The van der Waals surface area contributed by atoms with Crippen molar-refractivity contribution in [1.29, 1.82) is 0 Å². The highest BCUT2D eigenvalue weighted by molar-refractivity contribution is 7.89. The Morgan fingerprint density at radius 2 is 1.48 bits per heavy atom. The minimum atomic E-state index is -3.71. The summed E-state index contributed by atoms with van der Waals surface area (Å²) in [4.78, 5) is 13.1. The number of carbonyl (C=O) groups is 1. The van der Waals surface area contributed by atoms with Gasteiger partial charge in [-0.15, -0.1) is 0 Å². The molecule has 1 amide bonds. The van der Waals surface area contributed by atoms with Crippen LogP contribution in [0.5, 0.6) is 0 Å². The molecular formula is C23H31N3O5S2. The molecule has 0 saturated carbocycles. The van der Waals surface area contributed by atoms with Crippen LogP contribution in [-0.4, -0.2) is 58.5 Å². The highest BCUT2D eigenvalue weighted by Gasteiger charge is 2.26. The number of benzene rings is 2. The van der Waals surface area contributed by atoms with E-state index in [0.717, 1.165) is 30.0 Å². The lowest BCUT2D eigenvalue weighted by Crippen LogP contribution is -2.31. The molecule has 0 radical (unpaired) electrons. The zero-order chi connectivity index (χ0) is 24.4. The van der Waals surface area contributed by atoms with Crippen LogP contribution in [0.3, 0.4) is 0 Å². The average Bonchev–Trinajstić information content (AvgIpc) is 3.06. The molecule has 0 unspecified atom stereocenters. The number of carbonyl (C=O) groups excluding carboxylic acids is 1. The summed E-state index contributed by atoms with van der Waals surface area (Å²) in [7, 11) is -4.40. The van der Waals surface area contributed by atoms with E-state index in [1.165, 1.54) is 36.6 Å². The summed E-state index contributed by atoms with van der Waals surface area (Å²) in [6.07, 6.45) is 3.78. The van der Waals surface area contributed by atoms with Crippen molar-refractivity contribution in [1.82, 2.24) is 8.61 Å². The van der Waals surface area contributed by atoms with Crippen LogP contribution in [0, 0.1) is 13.8 Å². The summed E-state index contributed by atoms with van der Waals surface area (Å²) in [5.41, 5.74) is 1.90. The number of rotatable bonds is 6. The molecule has 2 aromatic rings. The second-order valence-electron chi connectivity index (χ2n) is 8.50. The smallest absolute Gasteiger partial charge is 0.255 e. The fraction of sp³-hybridized carbons (Fsp3) is 0.435. The number of hydrogen-bond donors (Lipinski definition) is 1. The lowest BCUT2D eigenvalue weighted by molar-refractivity contribution is 0.102. The molecule has 0 spiro atoms. The third-order valence-corrected chi connectivity index (χ3v) is 9.81. The second-order valence-corrected chi connectivity index (χ2v) is 12.6. The lowest BCUT2D eigenvalue weighted by atomic mass is 10.1. The highest BCUT2D eigenvalue weighted by Crippen LogP contribution is 2.25. The van der Waals surface area contributed by atoms with Crippen molar-refractivity contribution in [2.24, 2.45) is 0 Å². The summed E-state index contributed by atoms with van der Waals surface area (Å²) in [5.74, 6) is -0.476. The first-order chi connectivity index (χ1) is 15.4. The highest BCUT2D eigenvalue weighted by atomic mass is 32.2. The first-order valence-electron chi connectivity index (χ1n) is 10.9. The third kappa shape index (κ3) is 5.46. The average molecular weight is 494 g/mol. The molecule has 33 heavy (non-hydrogen) atoms. The van der Waals surface area contributed by atoms with Crippen LogP contribution >= 0.6 is 0 Å². The van der Waals surface area contributed by atoms with Gasteiger partial charge in [-0.3, -0.25) is 4.79 Å². The minimum absolute atomic E-state index is 0.0801. The molecule has 1 N–H and O–H groups in total. The van der Waals surface area contributed by atoms with E-state index in [4.69, 9.17) is 0 Å². The molecule has 0 aliphatic carbocycles. The zero-order valence-corrected chi connectivity index (χ0v) is 21.1. The van der Waals surface area contributed by atoms with Gasteiger partial charge in [0, 0.05) is 38.4 Å². The maximum absolute atomic E-state index is 12.9. The normalized spacial score (nSPS) is 15.9. The quantitative estimate of drug-likeness (QED) is 0.664. The summed E-state index contributed by atoms with van der Waals surface area (Å²) >= 11 is 0. The Hall–Kier alpha value is -2.27. The molecule has 10 heteroatoms. The van der Waals surface area contributed by atoms with E-state index in [9.17, 15) is 21.6 Å². The van der Waals surface area contributed by atoms with Crippen molar-refractivity contribution in [2.75, 3.05) is 32.5 Å². The van der Waals surface area contributed by atoms with Gasteiger partial charge in [0.2, 0.25) is 20.0 Å². The molecule has 1 aliphatic rings. The van der Waals surface area contributed by atoms with Gasteiger partial charge in [0.15, 0.2) is 0 Å². The fourth-order valence-corrected chi connectivity index (χ4v) is 6.50. The monoisotopic (exact) mass is 493 g/mol. The molecule has 3 rings (SSSR count). The van der Waals surface area contributed by atoms with E-state index in [0.29, 0.717) is 29.9 Å². The molecule has 1 saturated heterocycles. The standard InChI is InChI=1S/C23H31N3O5S2/c1-17-15-19(16-22(18(17)2)33(30,31)25(3)4)23(27)24-20-9-11-21(12-10-20)32(28,29)26-13-7-5-6-8-14-26/h9-12,15-16H,5-8,13-14H2,1-4H3,(H,24,27). The van der Waals surface area contributed by atoms with E-state index in [1.807, 2.05) is 0 Å². The Labute approximate surface area is 196 Å². The van der Waals surface area contributed by atoms with Crippen LogP contribution in [-0.2, 0) is 20.0 Å². The first kappa shape index (κ1) is 25.4. The fourth-order valence-electron chi connectivity index (χ4n) is 3.77. The largest absolute Gasteiger partial charge is 0.322 e. The van der Waals surface area contributed by atoms with Crippen molar-refractivity contribution >= 4 is 31.6 Å². The van der Waals surface area contributed by atoms with Gasteiger partial charge < -0.3 is 5.32 Å². The molecule has 180 valence electrons. The van der Waals surface area contributed by atoms with Gasteiger partial charge in [0.25, 0.3) is 5.91 Å². The molecule has 2 aromatic carbocycles. The van der Waals surface area contributed by atoms with Crippen LogP contribution in [0.4, 0.5) is 5.69 Å². The molecule has 0 bridgehead atoms. The molecule has 0 atom stereocenters. The predicted octanol–water partition coefficient (Wildman–Crippen LogP) is 3.37. The maximum Gasteiger partial charge on any atom is 0.255 e. The summed E-state index contributed by atoms with van der Waals surface area (Å²) < 4.78 is 53.8. The van der Waals surface area contributed by atoms with Crippen molar-refractivity contribution in [3.63, 3.8) is 0 Å². The summed E-state index contributed by atoms with van der Waals surface area (Å²) in [6, 6.07) is 9.06. The van der Waals surface area contributed by atoms with Gasteiger partial charge in [-0.1, -0.05) is 12.8 Å². The van der Waals surface area contributed by atoms with E-state index in [1.54, 1.807) is 32.0 Å².